The van der Waals surface area contributed by atoms with Gasteiger partial charge in [-0.2, -0.15) is 4.58 Å². The molecular weight excluding hydrogens is 316 g/mol. The lowest BCUT2D eigenvalue weighted by Crippen LogP contribution is -2.17. The van der Waals surface area contributed by atoms with Gasteiger partial charge in [0.25, 0.3) is 0 Å². The largest absolute Gasteiger partial charge is 0.497 e. The Morgan fingerprint density at radius 1 is 1.20 bits per heavy atom. The van der Waals surface area contributed by atoms with Crippen LogP contribution in [0.1, 0.15) is 19.4 Å². The number of rotatable bonds is 6. The zero-order valence-corrected chi connectivity index (χ0v) is 15.3. The smallest absolute Gasteiger partial charge is 0.363 e. The minimum absolute atomic E-state index is 0.740. The lowest BCUT2D eigenvalue weighted by molar-refractivity contribution is -0.513. The van der Waals surface area contributed by atoms with Crippen molar-refractivity contribution in [3.63, 3.8) is 0 Å². The highest BCUT2D eigenvalue weighted by Crippen LogP contribution is 2.24. The van der Waals surface area contributed by atoms with Gasteiger partial charge in [0.15, 0.2) is 19.0 Å². The summed E-state index contributed by atoms with van der Waals surface area (Å²) < 4.78 is 19.2. The second-order valence-electron chi connectivity index (χ2n) is 6.01. The summed E-state index contributed by atoms with van der Waals surface area (Å²) in [6, 6.07) is 8.09. The van der Waals surface area contributed by atoms with Gasteiger partial charge in [-0.05, 0) is 37.1 Å². The summed E-state index contributed by atoms with van der Waals surface area (Å²) in [5, 5.41) is 0. The van der Waals surface area contributed by atoms with E-state index in [0.29, 0.717) is 0 Å². The van der Waals surface area contributed by atoms with Gasteiger partial charge in [-0.25, -0.2) is 0 Å². The first-order valence-corrected chi connectivity index (χ1v) is 8.95. The van der Waals surface area contributed by atoms with Gasteiger partial charge >= 0.3 is 5.90 Å². The van der Waals surface area contributed by atoms with Crippen molar-refractivity contribution in [2.45, 2.75) is 13.8 Å². The first-order valence-electron chi connectivity index (χ1n) is 8.95. The molecule has 25 heavy (non-hydrogen) atoms. The van der Waals surface area contributed by atoms with Gasteiger partial charge in [0.2, 0.25) is 0 Å². The van der Waals surface area contributed by atoms with Crippen LogP contribution in [0.15, 0.2) is 42.3 Å². The summed E-state index contributed by atoms with van der Waals surface area (Å²) in [4.78, 5) is 2.25. The van der Waals surface area contributed by atoms with Gasteiger partial charge in [0.1, 0.15) is 18.9 Å². The van der Waals surface area contributed by atoms with Crippen molar-refractivity contribution in [2.75, 3.05) is 46.5 Å². The number of likely N-dealkylation sites (N-methyl/N-ethyl adjacent to an activating group) is 2. The molecule has 1 fully saturated rings. The number of ether oxygens (including phenoxy) is 3. The van der Waals surface area contributed by atoms with Crippen LogP contribution in [0.5, 0.6) is 5.75 Å². The van der Waals surface area contributed by atoms with Crippen molar-refractivity contribution in [1.29, 1.82) is 0 Å². The Morgan fingerprint density at radius 3 is 2.68 bits per heavy atom. The molecule has 5 nitrogen and oxygen atoms in total. The van der Waals surface area contributed by atoms with Crippen molar-refractivity contribution in [1.82, 2.24) is 4.90 Å². The Balaban J connectivity index is 2.00. The Bertz CT molecular complexity index is 689. The van der Waals surface area contributed by atoms with Crippen LogP contribution in [-0.2, 0) is 9.47 Å². The molecule has 5 heteroatoms. The van der Waals surface area contributed by atoms with Crippen LogP contribution in [0.2, 0.25) is 0 Å². The molecule has 3 rings (SSSR count). The van der Waals surface area contributed by atoms with Crippen LogP contribution in [0.4, 0.5) is 0 Å². The Kier molecular flexibility index (Phi) is 5.64. The average molecular weight is 343 g/mol. The molecule has 134 valence electrons. The van der Waals surface area contributed by atoms with Gasteiger partial charge in [-0.1, -0.05) is 12.1 Å². The topological polar surface area (TPSA) is 33.9 Å². The van der Waals surface area contributed by atoms with Gasteiger partial charge in [0.05, 0.1) is 19.7 Å². The van der Waals surface area contributed by atoms with Crippen LogP contribution in [0, 0.1) is 0 Å². The van der Waals surface area contributed by atoms with Gasteiger partial charge in [-0.15, -0.1) is 0 Å². The lowest BCUT2D eigenvalue weighted by atomic mass is 10.0. The first-order chi connectivity index (χ1) is 12.2. The molecule has 1 saturated heterocycles. The SMILES string of the molecule is CCN1CCOC1=CC(=CC1=[N+](CC)CCO1)c1ccc(OC)cc1. The van der Waals surface area contributed by atoms with Crippen LogP contribution in [-0.4, -0.2) is 61.9 Å². The molecule has 1 aromatic rings. The van der Waals surface area contributed by atoms with Crippen LogP contribution < -0.4 is 4.74 Å². The van der Waals surface area contributed by atoms with Crippen molar-refractivity contribution < 1.29 is 18.8 Å². The van der Waals surface area contributed by atoms with E-state index in [9.17, 15) is 0 Å². The molecule has 0 aromatic heterocycles. The fourth-order valence-electron chi connectivity index (χ4n) is 3.08. The number of hydrogen-bond acceptors (Lipinski definition) is 4. The highest BCUT2D eigenvalue weighted by Gasteiger charge is 2.22. The maximum atomic E-state index is 5.83. The van der Waals surface area contributed by atoms with E-state index in [1.165, 1.54) is 0 Å². The molecule has 2 aliphatic heterocycles. The third-order valence-electron chi connectivity index (χ3n) is 4.59. The standard InChI is InChI=1S/C20H27N2O3/c1-4-21-10-12-24-19(21)14-17(15-20-22(5-2)11-13-25-20)16-6-8-18(23-3)9-7-16/h6-9,14-15H,4-5,10-13H2,1-3H3/q+1. The predicted molar refractivity (Wildman–Crippen MR) is 98.9 cm³/mol. The molecule has 0 amide bonds. The number of hydrogen-bond donors (Lipinski definition) is 0. The molecule has 0 atom stereocenters. The van der Waals surface area contributed by atoms with E-state index in [1.807, 2.05) is 12.1 Å². The maximum Gasteiger partial charge on any atom is 0.363 e. The first kappa shape index (κ1) is 17.4. The van der Waals surface area contributed by atoms with Gasteiger partial charge in [0, 0.05) is 12.6 Å². The summed E-state index contributed by atoms with van der Waals surface area (Å²) in [5.41, 5.74) is 2.19. The fraction of sp³-hybridized carbons (Fsp3) is 0.450. The molecular formula is C20H27N2O3+. The van der Waals surface area contributed by atoms with E-state index in [4.69, 9.17) is 14.2 Å². The van der Waals surface area contributed by atoms with Crippen LogP contribution in [0.3, 0.4) is 0 Å². The Morgan fingerprint density at radius 2 is 2.00 bits per heavy atom. The van der Waals surface area contributed by atoms with Crippen molar-refractivity contribution in [2.24, 2.45) is 0 Å². The molecule has 0 radical (unpaired) electrons. The highest BCUT2D eigenvalue weighted by molar-refractivity contribution is 5.95. The highest BCUT2D eigenvalue weighted by atomic mass is 16.5. The maximum absolute atomic E-state index is 5.83. The predicted octanol–water partition coefficient (Wildman–Crippen LogP) is 2.73. The quantitative estimate of drug-likeness (QED) is 0.744. The number of allylic oxidation sites excluding steroid dienone is 2. The summed E-state index contributed by atoms with van der Waals surface area (Å²) in [5.74, 6) is 2.69. The van der Waals surface area contributed by atoms with E-state index < -0.39 is 0 Å². The molecule has 2 aliphatic rings. The normalized spacial score (nSPS) is 19.4. The molecule has 0 unspecified atom stereocenters. The number of benzene rings is 1. The summed E-state index contributed by atoms with van der Waals surface area (Å²) in [7, 11) is 1.68. The van der Waals surface area contributed by atoms with E-state index in [1.54, 1.807) is 7.11 Å². The second-order valence-corrected chi connectivity index (χ2v) is 6.01. The summed E-state index contributed by atoms with van der Waals surface area (Å²) >= 11 is 0. The zero-order chi connectivity index (χ0) is 17.6. The lowest BCUT2D eigenvalue weighted by Gasteiger charge is -2.15. The van der Waals surface area contributed by atoms with Crippen molar-refractivity contribution in [3.05, 3.63) is 47.9 Å². The molecule has 0 aliphatic carbocycles. The molecule has 0 bridgehead atoms. The fourth-order valence-corrected chi connectivity index (χ4v) is 3.08. The Hall–Kier alpha value is -2.43. The van der Waals surface area contributed by atoms with Crippen LogP contribution >= 0.6 is 0 Å². The van der Waals surface area contributed by atoms with Gasteiger partial charge in [-0.3, -0.25) is 0 Å². The average Bonchev–Trinajstić information content (AvgIpc) is 3.29. The molecule has 2 heterocycles. The molecule has 0 saturated carbocycles. The van der Waals surface area contributed by atoms with Crippen molar-refractivity contribution in [3.8, 4) is 5.75 Å². The second kappa shape index (κ2) is 8.10. The number of methoxy groups -OCH3 is 1. The van der Waals surface area contributed by atoms with E-state index in [2.05, 4.69) is 47.6 Å². The van der Waals surface area contributed by atoms with Gasteiger partial charge < -0.3 is 19.1 Å². The molecule has 0 N–H and O–H groups in total. The minimum Gasteiger partial charge on any atom is -0.497 e. The van der Waals surface area contributed by atoms with Crippen molar-refractivity contribution >= 4 is 11.5 Å². The number of nitrogens with zero attached hydrogens (tertiary/aromatic N) is 2. The van der Waals surface area contributed by atoms with E-state index >= 15 is 0 Å². The van der Waals surface area contributed by atoms with Crippen LogP contribution in [0.25, 0.3) is 5.57 Å². The van der Waals surface area contributed by atoms with E-state index in [-0.39, 0.29) is 0 Å². The third kappa shape index (κ3) is 3.98. The third-order valence-corrected chi connectivity index (χ3v) is 4.59. The zero-order valence-electron chi connectivity index (χ0n) is 15.3. The van der Waals surface area contributed by atoms with E-state index in [0.717, 1.165) is 68.1 Å². The molecule has 0 spiro atoms. The monoisotopic (exact) mass is 343 g/mol. The summed E-state index contributed by atoms with van der Waals surface area (Å²) in [6.45, 7) is 9.53. The molecule has 1 aromatic carbocycles. The Labute approximate surface area is 149 Å². The minimum atomic E-state index is 0.740. The summed E-state index contributed by atoms with van der Waals surface area (Å²) in [6.07, 6.45) is 4.22.